The summed E-state index contributed by atoms with van der Waals surface area (Å²) < 4.78 is 91.9. The predicted octanol–water partition coefficient (Wildman–Crippen LogP) is 3.93. The molecule has 3 atom stereocenters. The number of sulfonamides is 1. The Balaban J connectivity index is 1.55. The molecule has 1 aliphatic carbocycles. The number of nitrogens with zero attached hydrogens (tertiary/aromatic N) is 1. The summed E-state index contributed by atoms with van der Waals surface area (Å²) in [6.07, 6.45) is 1.05. The second-order valence-electron chi connectivity index (χ2n) is 10.5. The predicted molar refractivity (Wildman–Crippen MR) is 128 cm³/mol. The minimum absolute atomic E-state index is 0.122. The standard InChI is InChI=1S/C26H28F4N2O4S/c1-14(2)37(34,35)31-24-21(32(13-26(24)4-5-26)25(33)22-3-6-36-22)10-16-9-19(29)12-20(23(16)30)15-7-17(27)11-18(28)8-15/h7-9,11-12,14,21-22,24,31H,3-6,10,13H2,1-2H3/t21-,22+,24+/m0/s1. The van der Waals surface area contributed by atoms with Crippen molar-refractivity contribution in [2.75, 3.05) is 13.2 Å². The molecule has 2 aromatic carbocycles. The maximum Gasteiger partial charge on any atom is 0.252 e. The highest BCUT2D eigenvalue weighted by Crippen LogP contribution is 2.56. The summed E-state index contributed by atoms with van der Waals surface area (Å²) in [4.78, 5) is 14.8. The molecule has 3 fully saturated rings. The normalized spacial score (nSPS) is 24.5. The van der Waals surface area contributed by atoms with Gasteiger partial charge in [-0.05, 0) is 68.5 Å². The minimum atomic E-state index is -3.75. The van der Waals surface area contributed by atoms with E-state index in [2.05, 4.69) is 4.72 Å². The van der Waals surface area contributed by atoms with E-state index < -0.39 is 62.1 Å². The molecule has 1 N–H and O–H groups in total. The Morgan fingerprint density at radius 1 is 1.08 bits per heavy atom. The van der Waals surface area contributed by atoms with E-state index in [1.807, 2.05) is 0 Å². The lowest BCUT2D eigenvalue weighted by Crippen LogP contribution is -2.53. The smallest absolute Gasteiger partial charge is 0.252 e. The van der Waals surface area contributed by atoms with Crippen LogP contribution in [0.25, 0.3) is 11.1 Å². The van der Waals surface area contributed by atoms with E-state index in [9.17, 15) is 26.4 Å². The Labute approximate surface area is 213 Å². The van der Waals surface area contributed by atoms with Crippen LogP contribution in [-0.4, -0.2) is 55.8 Å². The monoisotopic (exact) mass is 540 g/mol. The SMILES string of the molecule is CC(C)S(=O)(=O)N[C@@H]1[C@H](Cc2cc(F)cc(-c3cc(F)cc(F)c3)c2F)N(C(=O)[C@H]2CCO2)CC12CC2. The second kappa shape index (κ2) is 9.36. The fourth-order valence-corrected chi connectivity index (χ4v) is 6.35. The molecular weight excluding hydrogens is 512 g/mol. The number of carbonyl (C=O) groups excluding carboxylic acids is 1. The third-order valence-electron chi connectivity index (χ3n) is 7.71. The van der Waals surface area contributed by atoms with Crippen molar-refractivity contribution >= 4 is 15.9 Å². The summed E-state index contributed by atoms with van der Waals surface area (Å²) in [5, 5.41) is -0.732. The van der Waals surface area contributed by atoms with E-state index in [0.717, 1.165) is 24.3 Å². The molecule has 1 saturated carbocycles. The quantitative estimate of drug-likeness (QED) is 0.541. The first kappa shape index (κ1) is 26.1. The first-order valence-electron chi connectivity index (χ1n) is 12.3. The number of likely N-dealkylation sites (tertiary alicyclic amines) is 1. The maximum absolute atomic E-state index is 15.7. The molecule has 1 spiro atoms. The molecule has 2 saturated heterocycles. The zero-order valence-electron chi connectivity index (χ0n) is 20.4. The number of amides is 1. The van der Waals surface area contributed by atoms with Crippen LogP contribution in [0.1, 0.15) is 38.7 Å². The van der Waals surface area contributed by atoms with E-state index in [0.29, 0.717) is 31.9 Å². The zero-order valence-corrected chi connectivity index (χ0v) is 21.3. The zero-order chi connectivity index (χ0) is 26.7. The maximum atomic E-state index is 15.7. The van der Waals surface area contributed by atoms with Gasteiger partial charge in [0, 0.05) is 36.1 Å². The van der Waals surface area contributed by atoms with Crippen molar-refractivity contribution < 1.29 is 35.5 Å². The number of rotatable bonds is 7. The van der Waals surface area contributed by atoms with Gasteiger partial charge in [-0.1, -0.05) is 0 Å². The number of halogens is 4. The van der Waals surface area contributed by atoms with Crippen molar-refractivity contribution in [2.45, 2.75) is 63.0 Å². The van der Waals surface area contributed by atoms with E-state index in [-0.39, 0.29) is 35.6 Å². The fourth-order valence-electron chi connectivity index (χ4n) is 5.31. The number of hydrogen-bond donors (Lipinski definition) is 1. The Kier molecular flexibility index (Phi) is 6.60. The van der Waals surface area contributed by atoms with Crippen LogP contribution in [0.3, 0.4) is 0 Å². The van der Waals surface area contributed by atoms with Crippen molar-refractivity contribution in [3.05, 3.63) is 59.2 Å². The molecule has 0 radical (unpaired) electrons. The average Bonchev–Trinajstić information content (AvgIpc) is 3.49. The molecule has 37 heavy (non-hydrogen) atoms. The largest absolute Gasteiger partial charge is 0.368 e. The number of ether oxygens (including phenoxy) is 1. The summed E-state index contributed by atoms with van der Waals surface area (Å²) >= 11 is 0. The van der Waals surface area contributed by atoms with Crippen LogP contribution in [0.2, 0.25) is 0 Å². The molecule has 3 aliphatic rings. The molecule has 2 aliphatic heterocycles. The van der Waals surface area contributed by atoms with Gasteiger partial charge in [0.05, 0.1) is 17.9 Å². The minimum Gasteiger partial charge on any atom is -0.368 e. The Hall–Kier alpha value is -2.50. The summed E-state index contributed by atoms with van der Waals surface area (Å²) in [6.45, 7) is 3.79. The van der Waals surface area contributed by atoms with Crippen molar-refractivity contribution in [3.8, 4) is 11.1 Å². The lowest BCUT2D eigenvalue weighted by atomic mass is 9.91. The molecule has 2 heterocycles. The van der Waals surface area contributed by atoms with Crippen LogP contribution in [0.15, 0.2) is 30.3 Å². The highest BCUT2D eigenvalue weighted by atomic mass is 32.2. The van der Waals surface area contributed by atoms with Gasteiger partial charge in [-0.3, -0.25) is 4.79 Å². The lowest BCUT2D eigenvalue weighted by Gasteiger charge is -2.34. The van der Waals surface area contributed by atoms with E-state index >= 15 is 4.39 Å². The van der Waals surface area contributed by atoms with Crippen molar-refractivity contribution in [1.82, 2.24) is 9.62 Å². The van der Waals surface area contributed by atoms with E-state index in [1.54, 1.807) is 0 Å². The average molecular weight is 541 g/mol. The molecule has 6 nitrogen and oxygen atoms in total. The van der Waals surface area contributed by atoms with Crippen molar-refractivity contribution in [2.24, 2.45) is 5.41 Å². The van der Waals surface area contributed by atoms with Gasteiger partial charge in [-0.2, -0.15) is 0 Å². The van der Waals surface area contributed by atoms with Gasteiger partial charge in [-0.15, -0.1) is 0 Å². The molecule has 0 unspecified atom stereocenters. The number of carbonyl (C=O) groups is 1. The Morgan fingerprint density at radius 3 is 2.24 bits per heavy atom. The van der Waals surface area contributed by atoms with E-state index in [4.69, 9.17) is 4.74 Å². The highest BCUT2D eigenvalue weighted by molar-refractivity contribution is 7.90. The lowest BCUT2D eigenvalue weighted by molar-refractivity contribution is -0.157. The Bertz CT molecular complexity index is 1320. The molecule has 0 bridgehead atoms. The molecular formula is C26H28F4N2O4S. The topological polar surface area (TPSA) is 75.7 Å². The summed E-state index contributed by atoms with van der Waals surface area (Å²) in [5.41, 5.74) is -1.12. The van der Waals surface area contributed by atoms with Gasteiger partial charge < -0.3 is 9.64 Å². The third kappa shape index (κ3) is 4.88. The highest BCUT2D eigenvalue weighted by Gasteiger charge is 2.62. The van der Waals surface area contributed by atoms with Gasteiger partial charge in [-0.25, -0.2) is 30.7 Å². The van der Waals surface area contributed by atoms with Crippen LogP contribution in [0.4, 0.5) is 17.6 Å². The first-order chi connectivity index (χ1) is 17.4. The summed E-state index contributed by atoms with van der Waals surface area (Å²) in [7, 11) is -3.75. The van der Waals surface area contributed by atoms with Gasteiger partial charge in [0.2, 0.25) is 10.0 Å². The van der Waals surface area contributed by atoms with Gasteiger partial charge in [0.25, 0.3) is 5.91 Å². The summed E-state index contributed by atoms with van der Waals surface area (Å²) in [5.74, 6) is -3.90. The number of hydrogen-bond acceptors (Lipinski definition) is 4. The first-order valence-corrected chi connectivity index (χ1v) is 13.8. The van der Waals surface area contributed by atoms with Crippen LogP contribution >= 0.6 is 0 Å². The van der Waals surface area contributed by atoms with Gasteiger partial charge >= 0.3 is 0 Å². The fraction of sp³-hybridized carbons (Fsp3) is 0.500. The number of nitrogens with one attached hydrogen (secondary N) is 1. The van der Waals surface area contributed by atoms with Crippen LogP contribution in [-0.2, 0) is 26.0 Å². The molecule has 2 aromatic rings. The molecule has 200 valence electrons. The van der Waals surface area contributed by atoms with Crippen LogP contribution < -0.4 is 4.72 Å². The number of benzene rings is 2. The van der Waals surface area contributed by atoms with Crippen LogP contribution in [0.5, 0.6) is 0 Å². The summed E-state index contributed by atoms with van der Waals surface area (Å²) in [6, 6.07) is 2.76. The van der Waals surface area contributed by atoms with Gasteiger partial charge in [0.15, 0.2) is 0 Å². The molecule has 5 rings (SSSR count). The van der Waals surface area contributed by atoms with Crippen LogP contribution in [0, 0.1) is 28.7 Å². The van der Waals surface area contributed by atoms with E-state index in [1.165, 1.54) is 18.7 Å². The molecule has 11 heteroatoms. The molecule has 1 amide bonds. The third-order valence-corrected chi connectivity index (χ3v) is 9.53. The molecule has 0 aromatic heterocycles. The Morgan fingerprint density at radius 2 is 1.70 bits per heavy atom. The second-order valence-corrected chi connectivity index (χ2v) is 12.8. The van der Waals surface area contributed by atoms with Gasteiger partial charge in [0.1, 0.15) is 29.4 Å². The van der Waals surface area contributed by atoms with Crippen molar-refractivity contribution in [1.29, 1.82) is 0 Å². The van der Waals surface area contributed by atoms with Crippen molar-refractivity contribution in [3.63, 3.8) is 0 Å².